The van der Waals surface area contributed by atoms with Crippen molar-refractivity contribution in [1.29, 1.82) is 0 Å². The van der Waals surface area contributed by atoms with Gasteiger partial charge < -0.3 is 15.1 Å². The molecule has 144 valence electrons. The summed E-state index contributed by atoms with van der Waals surface area (Å²) < 4.78 is 38.0. The fourth-order valence-corrected chi connectivity index (χ4v) is 5.81. The number of anilines is 1. The predicted octanol–water partition coefficient (Wildman–Crippen LogP) is -0.467. The number of aromatic nitrogens is 2. The van der Waals surface area contributed by atoms with Gasteiger partial charge in [0, 0.05) is 38.0 Å². The van der Waals surface area contributed by atoms with Gasteiger partial charge in [0.2, 0.25) is 11.9 Å². The molecule has 3 atom stereocenters. The molecule has 2 fully saturated rings. The van der Waals surface area contributed by atoms with Gasteiger partial charge >= 0.3 is 0 Å². The van der Waals surface area contributed by atoms with Crippen LogP contribution < -0.4 is 10.2 Å². The lowest BCUT2D eigenvalue weighted by Gasteiger charge is -2.31. The van der Waals surface area contributed by atoms with Crippen LogP contribution in [0.4, 0.5) is 10.3 Å². The van der Waals surface area contributed by atoms with Gasteiger partial charge in [-0.2, -0.15) is 0 Å². The Kier molecular flexibility index (Phi) is 5.42. The van der Waals surface area contributed by atoms with Crippen LogP contribution in [0.3, 0.4) is 0 Å². The number of carbonyl (C=O) groups excluding carboxylic acids is 1. The highest BCUT2D eigenvalue weighted by Crippen LogP contribution is 2.37. The average molecular weight is 385 g/mol. The Morgan fingerprint density at radius 1 is 1.35 bits per heavy atom. The van der Waals surface area contributed by atoms with E-state index in [4.69, 9.17) is 0 Å². The predicted molar refractivity (Wildman–Crippen MR) is 94.9 cm³/mol. The van der Waals surface area contributed by atoms with Crippen molar-refractivity contribution in [3.05, 3.63) is 18.2 Å². The number of carbonyl (C=O) groups is 1. The summed E-state index contributed by atoms with van der Waals surface area (Å²) in [7, 11) is 0.578. The molecule has 1 N–H and O–H groups in total. The SMILES string of the molecule is CN(C)CCNC(=O)[C@H]1CCS(=O)(=O)[C@@H]2CN(c3ncc(F)cn3)C[C@H]12. The minimum absolute atomic E-state index is 0.0120. The molecule has 0 aliphatic carbocycles. The Balaban J connectivity index is 1.74. The number of nitrogens with one attached hydrogen (secondary N) is 1. The molecule has 2 aliphatic heterocycles. The number of rotatable bonds is 5. The quantitative estimate of drug-likeness (QED) is 0.732. The second-order valence-electron chi connectivity index (χ2n) is 7.17. The van der Waals surface area contributed by atoms with Gasteiger partial charge in [0.25, 0.3) is 0 Å². The van der Waals surface area contributed by atoms with Gasteiger partial charge in [-0.1, -0.05) is 0 Å². The zero-order chi connectivity index (χ0) is 18.9. The van der Waals surface area contributed by atoms with Crippen molar-refractivity contribution in [2.75, 3.05) is 50.9 Å². The highest BCUT2D eigenvalue weighted by molar-refractivity contribution is 7.92. The second kappa shape index (κ2) is 7.43. The van der Waals surface area contributed by atoms with E-state index in [9.17, 15) is 17.6 Å². The first-order valence-electron chi connectivity index (χ1n) is 8.64. The van der Waals surface area contributed by atoms with Crippen molar-refractivity contribution in [1.82, 2.24) is 20.2 Å². The first-order valence-corrected chi connectivity index (χ1v) is 10.4. The molecule has 2 saturated heterocycles. The molecule has 1 aromatic rings. The zero-order valence-corrected chi connectivity index (χ0v) is 15.7. The third-order valence-corrected chi connectivity index (χ3v) is 7.31. The first-order chi connectivity index (χ1) is 12.3. The van der Waals surface area contributed by atoms with Crippen molar-refractivity contribution >= 4 is 21.7 Å². The Bertz CT molecular complexity index is 756. The van der Waals surface area contributed by atoms with Crippen LogP contribution in [0.5, 0.6) is 0 Å². The molecule has 0 saturated carbocycles. The van der Waals surface area contributed by atoms with E-state index >= 15 is 0 Å². The van der Waals surface area contributed by atoms with Crippen molar-refractivity contribution in [3.8, 4) is 0 Å². The van der Waals surface area contributed by atoms with Crippen molar-refractivity contribution in [3.63, 3.8) is 0 Å². The fraction of sp³-hybridized carbons (Fsp3) is 0.688. The Morgan fingerprint density at radius 3 is 2.69 bits per heavy atom. The Hall–Kier alpha value is -1.81. The molecule has 10 heteroatoms. The van der Waals surface area contributed by atoms with Crippen LogP contribution in [0, 0.1) is 17.7 Å². The van der Waals surface area contributed by atoms with Crippen LogP contribution in [-0.4, -0.2) is 80.5 Å². The summed E-state index contributed by atoms with van der Waals surface area (Å²) in [6, 6.07) is 0. The van der Waals surface area contributed by atoms with E-state index in [1.54, 1.807) is 4.90 Å². The Morgan fingerprint density at radius 2 is 2.04 bits per heavy atom. The standard InChI is InChI=1S/C16H24FN5O3S/c1-21(2)5-4-18-15(23)12-3-6-26(24,25)14-10-22(9-13(12)14)16-19-7-11(17)8-20-16/h7-8,12-14H,3-6,9-10H2,1-2H3,(H,18,23)/t12-,13+,14+/m0/s1. The van der Waals surface area contributed by atoms with E-state index in [1.807, 2.05) is 19.0 Å². The summed E-state index contributed by atoms with van der Waals surface area (Å²) in [5, 5.41) is 2.29. The first kappa shape index (κ1) is 19.0. The highest BCUT2D eigenvalue weighted by Gasteiger charge is 2.50. The summed E-state index contributed by atoms with van der Waals surface area (Å²) in [6.07, 6.45) is 2.45. The number of amides is 1. The van der Waals surface area contributed by atoms with E-state index < -0.39 is 20.9 Å². The van der Waals surface area contributed by atoms with E-state index in [1.165, 1.54) is 0 Å². The van der Waals surface area contributed by atoms with E-state index in [0.29, 0.717) is 25.5 Å². The normalized spacial score (nSPS) is 27.4. The minimum Gasteiger partial charge on any atom is -0.355 e. The van der Waals surface area contributed by atoms with Crippen molar-refractivity contribution < 1.29 is 17.6 Å². The minimum atomic E-state index is -3.27. The van der Waals surface area contributed by atoms with Crippen LogP contribution in [0.25, 0.3) is 0 Å². The lowest BCUT2D eigenvalue weighted by atomic mass is 9.87. The number of halogens is 1. The van der Waals surface area contributed by atoms with Gasteiger partial charge in [0.1, 0.15) is 0 Å². The lowest BCUT2D eigenvalue weighted by Crippen LogP contribution is -2.47. The van der Waals surface area contributed by atoms with E-state index in [0.717, 1.165) is 18.9 Å². The van der Waals surface area contributed by atoms with Gasteiger partial charge in [-0.25, -0.2) is 22.8 Å². The summed E-state index contributed by atoms with van der Waals surface area (Å²) in [5.74, 6) is -0.992. The largest absolute Gasteiger partial charge is 0.355 e. The van der Waals surface area contributed by atoms with Gasteiger partial charge in [0.05, 0.1) is 23.4 Å². The van der Waals surface area contributed by atoms with E-state index in [-0.39, 0.29) is 30.0 Å². The van der Waals surface area contributed by atoms with Gasteiger partial charge in [-0.3, -0.25) is 4.79 Å². The number of fused-ring (bicyclic) bond motifs is 1. The number of hydrogen-bond donors (Lipinski definition) is 1. The third-order valence-electron chi connectivity index (χ3n) is 5.09. The molecule has 0 radical (unpaired) electrons. The molecule has 26 heavy (non-hydrogen) atoms. The number of sulfone groups is 1. The third kappa shape index (κ3) is 3.96. The van der Waals surface area contributed by atoms with Crippen LogP contribution in [0.1, 0.15) is 6.42 Å². The van der Waals surface area contributed by atoms with Gasteiger partial charge in [0.15, 0.2) is 15.7 Å². The highest BCUT2D eigenvalue weighted by atomic mass is 32.2. The molecule has 0 unspecified atom stereocenters. The summed E-state index contributed by atoms with van der Waals surface area (Å²) in [5.41, 5.74) is 0. The molecule has 0 spiro atoms. The smallest absolute Gasteiger partial charge is 0.225 e. The Labute approximate surface area is 152 Å². The topological polar surface area (TPSA) is 95.5 Å². The molecule has 0 aromatic carbocycles. The molecule has 1 amide bonds. The van der Waals surface area contributed by atoms with Crippen molar-refractivity contribution in [2.45, 2.75) is 11.7 Å². The summed E-state index contributed by atoms with van der Waals surface area (Å²) in [4.78, 5) is 24.2. The fourth-order valence-electron chi connectivity index (χ4n) is 3.71. The summed E-state index contributed by atoms with van der Waals surface area (Å²) >= 11 is 0. The monoisotopic (exact) mass is 385 g/mol. The zero-order valence-electron chi connectivity index (χ0n) is 14.9. The lowest BCUT2D eigenvalue weighted by molar-refractivity contribution is -0.126. The summed E-state index contributed by atoms with van der Waals surface area (Å²) in [6.45, 7) is 1.86. The van der Waals surface area contributed by atoms with Crippen LogP contribution in [0.15, 0.2) is 12.4 Å². The maximum atomic E-state index is 13.0. The number of likely N-dealkylation sites (N-methyl/N-ethyl adjacent to an activating group) is 1. The van der Waals surface area contributed by atoms with Crippen LogP contribution in [-0.2, 0) is 14.6 Å². The van der Waals surface area contributed by atoms with Gasteiger partial charge in [-0.05, 0) is 20.5 Å². The van der Waals surface area contributed by atoms with Gasteiger partial charge in [-0.15, -0.1) is 0 Å². The molecule has 2 aliphatic rings. The maximum absolute atomic E-state index is 13.0. The molecule has 0 bridgehead atoms. The molecule has 3 heterocycles. The second-order valence-corrected chi connectivity index (χ2v) is 9.50. The average Bonchev–Trinajstić information content (AvgIpc) is 3.01. The van der Waals surface area contributed by atoms with Crippen LogP contribution in [0.2, 0.25) is 0 Å². The molecular formula is C16H24FN5O3S. The number of nitrogens with zero attached hydrogens (tertiary/aromatic N) is 4. The number of hydrogen-bond acceptors (Lipinski definition) is 7. The van der Waals surface area contributed by atoms with E-state index in [2.05, 4.69) is 15.3 Å². The maximum Gasteiger partial charge on any atom is 0.225 e. The molecular weight excluding hydrogens is 361 g/mol. The molecule has 3 rings (SSSR count). The van der Waals surface area contributed by atoms with Crippen LogP contribution >= 0.6 is 0 Å². The molecule has 8 nitrogen and oxygen atoms in total. The van der Waals surface area contributed by atoms with Crippen molar-refractivity contribution in [2.24, 2.45) is 11.8 Å². The molecule has 1 aromatic heterocycles.